The SMILES string of the molecule is CS(=O)(=O)Nc1cccc(-c2cnc(N)c(C(=O)NCC3CC[NH2+]CC3)n2)c1. The molecule has 1 aromatic heterocycles. The third kappa shape index (κ3) is 5.40. The number of nitrogens with one attached hydrogen (secondary N) is 2. The van der Waals surface area contributed by atoms with Gasteiger partial charge in [-0.15, -0.1) is 0 Å². The van der Waals surface area contributed by atoms with Crippen LogP contribution in [0.15, 0.2) is 30.5 Å². The number of nitrogens with two attached hydrogens (primary N) is 2. The summed E-state index contributed by atoms with van der Waals surface area (Å²) in [5, 5.41) is 5.18. The van der Waals surface area contributed by atoms with Gasteiger partial charge in [0, 0.05) is 30.6 Å². The lowest BCUT2D eigenvalue weighted by molar-refractivity contribution is -0.664. The smallest absolute Gasteiger partial charge is 0.273 e. The Kier molecular flexibility index (Phi) is 6.10. The van der Waals surface area contributed by atoms with Crippen LogP contribution in [0.4, 0.5) is 11.5 Å². The highest BCUT2D eigenvalue weighted by molar-refractivity contribution is 7.92. The summed E-state index contributed by atoms with van der Waals surface area (Å²) in [6.07, 6.45) is 4.68. The number of nitrogens with zero attached hydrogens (tertiary/aromatic N) is 2. The van der Waals surface area contributed by atoms with Gasteiger partial charge in [-0.1, -0.05) is 12.1 Å². The van der Waals surface area contributed by atoms with Crippen molar-refractivity contribution < 1.29 is 18.5 Å². The summed E-state index contributed by atoms with van der Waals surface area (Å²) in [5.41, 5.74) is 7.39. The molecule has 0 saturated carbocycles. The highest BCUT2D eigenvalue weighted by Gasteiger charge is 2.19. The highest BCUT2D eigenvalue weighted by Crippen LogP contribution is 2.22. The van der Waals surface area contributed by atoms with E-state index in [1.54, 1.807) is 24.3 Å². The van der Waals surface area contributed by atoms with Crippen molar-refractivity contribution in [3.63, 3.8) is 0 Å². The summed E-state index contributed by atoms with van der Waals surface area (Å²) < 4.78 is 25.3. The van der Waals surface area contributed by atoms with Crippen LogP contribution in [-0.4, -0.2) is 50.2 Å². The Morgan fingerprint density at radius 1 is 1.32 bits per heavy atom. The largest absolute Gasteiger partial charge is 0.382 e. The minimum absolute atomic E-state index is 0.0589. The fraction of sp³-hybridized carbons (Fsp3) is 0.389. The van der Waals surface area contributed by atoms with Gasteiger partial charge in [0.05, 0.1) is 31.2 Å². The fourth-order valence-electron chi connectivity index (χ4n) is 3.18. The Balaban J connectivity index is 1.77. The number of piperidine rings is 1. The number of anilines is 2. The first-order valence-corrected chi connectivity index (χ1v) is 11.0. The molecule has 1 aliphatic rings. The molecule has 0 unspecified atom stereocenters. The van der Waals surface area contributed by atoms with Crippen molar-refractivity contribution in [3.05, 3.63) is 36.2 Å². The Morgan fingerprint density at radius 3 is 2.79 bits per heavy atom. The van der Waals surface area contributed by atoms with Gasteiger partial charge in [0.15, 0.2) is 11.5 Å². The van der Waals surface area contributed by atoms with Gasteiger partial charge in [-0.3, -0.25) is 9.52 Å². The van der Waals surface area contributed by atoms with Gasteiger partial charge >= 0.3 is 0 Å². The van der Waals surface area contributed by atoms with E-state index in [0.29, 0.717) is 29.4 Å². The molecule has 28 heavy (non-hydrogen) atoms. The van der Waals surface area contributed by atoms with Crippen LogP contribution in [0.1, 0.15) is 23.3 Å². The average Bonchev–Trinajstić information content (AvgIpc) is 2.66. The topological polar surface area (TPSA) is 144 Å². The van der Waals surface area contributed by atoms with E-state index in [-0.39, 0.29) is 17.4 Å². The second-order valence-corrected chi connectivity index (χ2v) is 8.71. The van der Waals surface area contributed by atoms with Gasteiger partial charge in [0.2, 0.25) is 10.0 Å². The molecular weight excluding hydrogens is 380 g/mol. The lowest BCUT2D eigenvalue weighted by Crippen LogP contribution is -2.86. The number of hydrogen-bond donors (Lipinski definition) is 4. The molecule has 2 heterocycles. The summed E-state index contributed by atoms with van der Waals surface area (Å²) in [5.74, 6) is 0.167. The molecule has 1 aliphatic heterocycles. The normalized spacial score (nSPS) is 15.2. The van der Waals surface area contributed by atoms with E-state index >= 15 is 0 Å². The number of sulfonamides is 1. The number of carbonyl (C=O) groups excluding carboxylic acids is 1. The summed E-state index contributed by atoms with van der Waals surface area (Å²) in [7, 11) is -3.39. The van der Waals surface area contributed by atoms with E-state index in [1.165, 1.54) is 6.20 Å². The first kappa shape index (κ1) is 20.0. The molecule has 2 aromatic rings. The maximum Gasteiger partial charge on any atom is 0.273 e. The molecule has 0 atom stereocenters. The summed E-state index contributed by atoms with van der Waals surface area (Å²) in [6, 6.07) is 6.71. The van der Waals surface area contributed by atoms with Crippen LogP contribution in [0.2, 0.25) is 0 Å². The molecule has 1 fully saturated rings. The van der Waals surface area contributed by atoms with Crippen molar-refractivity contribution in [2.45, 2.75) is 12.8 Å². The Labute approximate surface area is 164 Å². The Morgan fingerprint density at radius 2 is 2.07 bits per heavy atom. The van der Waals surface area contributed by atoms with E-state index in [9.17, 15) is 13.2 Å². The van der Waals surface area contributed by atoms with E-state index in [2.05, 4.69) is 25.3 Å². The van der Waals surface area contributed by atoms with Gasteiger partial charge in [-0.2, -0.15) is 0 Å². The summed E-state index contributed by atoms with van der Waals surface area (Å²) in [6.45, 7) is 2.75. The van der Waals surface area contributed by atoms with Crippen LogP contribution in [0, 0.1) is 5.92 Å². The van der Waals surface area contributed by atoms with Crippen LogP contribution >= 0.6 is 0 Å². The minimum Gasteiger partial charge on any atom is -0.382 e. The van der Waals surface area contributed by atoms with Gasteiger partial charge in [0.1, 0.15) is 0 Å². The number of quaternary nitrogens is 1. The predicted molar refractivity (Wildman–Crippen MR) is 107 cm³/mol. The Bertz CT molecular complexity index is 958. The van der Waals surface area contributed by atoms with Crippen molar-refractivity contribution in [1.29, 1.82) is 0 Å². The number of hydrogen-bond acceptors (Lipinski definition) is 6. The molecule has 10 heteroatoms. The lowest BCUT2D eigenvalue weighted by Gasteiger charge is -2.20. The van der Waals surface area contributed by atoms with Gasteiger partial charge in [0.25, 0.3) is 5.91 Å². The summed E-state index contributed by atoms with van der Waals surface area (Å²) >= 11 is 0. The zero-order valence-electron chi connectivity index (χ0n) is 15.7. The Hall–Kier alpha value is -2.72. The molecule has 3 rings (SSSR count). The third-order valence-corrected chi connectivity index (χ3v) is 5.19. The first-order valence-electron chi connectivity index (χ1n) is 9.12. The molecule has 1 saturated heterocycles. The maximum absolute atomic E-state index is 12.6. The van der Waals surface area contributed by atoms with Crippen LogP contribution in [0.3, 0.4) is 0 Å². The highest BCUT2D eigenvalue weighted by atomic mass is 32.2. The molecule has 0 aliphatic carbocycles. The van der Waals surface area contributed by atoms with Gasteiger partial charge in [-0.05, 0) is 18.1 Å². The average molecular weight is 406 g/mol. The second kappa shape index (κ2) is 8.53. The molecule has 0 spiro atoms. The van der Waals surface area contributed by atoms with Crippen molar-refractivity contribution in [2.24, 2.45) is 5.92 Å². The summed E-state index contributed by atoms with van der Waals surface area (Å²) in [4.78, 5) is 21.0. The number of aromatic nitrogens is 2. The van der Waals surface area contributed by atoms with Crippen molar-refractivity contribution >= 4 is 27.4 Å². The van der Waals surface area contributed by atoms with Gasteiger partial charge < -0.3 is 16.4 Å². The second-order valence-electron chi connectivity index (χ2n) is 6.96. The zero-order valence-corrected chi connectivity index (χ0v) is 16.5. The molecule has 0 bridgehead atoms. The molecular formula is C18H25N6O3S+. The number of benzene rings is 1. The van der Waals surface area contributed by atoms with Crippen molar-refractivity contribution in [2.75, 3.05) is 36.3 Å². The molecule has 6 N–H and O–H groups in total. The van der Waals surface area contributed by atoms with Crippen LogP contribution < -0.4 is 21.1 Å². The van der Waals surface area contributed by atoms with E-state index in [4.69, 9.17) is 5.73 Å². The van der Waals surface area contributed by atoms with Crippen molar-refractivity contribution in [3.8, 4) is 11.3 Å². The maximum atomic E-state index is 12.6. The molecule has 1 amide bonds. The van der Waals surface area contributed by atoms with Crippen LogP contribution in [-0.2, 0) is 10.0 Å². The zero-order chi connectivity index (χ0) is 20.1. The molecule has 1 aromatic carbocycles. The molecule has 0 radical (unpaired) electrons. The minimum atomic E-state index is -3.39. The number of carbonyl (C=O) groups is 1. The molecule has 150 valence electrons. The number of nitrogen functional groups attached to an aromatic ring is 1. The number of amides is 1. The quantitative estimate of drug-likeness (QED) is 0.524. The van der Waals surface area contributed by atoms with Gasteiger partial charge in [-0.25, -0.2) is 18.4 Å². The monoisotopic (exact) mass is 405 g/mol. The number of rotatable bonds is 6. The van der Waals surface area contributed by atoms with E-state index < -0.39 is 10.0 Å². The van der Waals surface area contributed by atoms with E-state index in [0.717, 1.165) is 32.2 Å². The van der Waals surface area contributed by atoms with Crippen LogP contribution in [0.5, 0.6) is 0 Å². The molecule has 9 nitrogen and oxygen atoms in total. The standard InChI is InChI=1S/C18H24N6O3S/c1-28(26,27)24-14-4-2-3-13(9-14)15-11-21-17(19)16(23-15)18(25)22-10-12-5-7-20-8-6-12/h2-4,9,11-12,20,24H,5-8,10H2,1H3,(H2,19,21)(H,22,25)/p+1. The van der Waals surface area contributed by atoms with E-state index in [1.807, 2.05) is 0 Å². The first-order chi connectivity index (χ1) is 13.3. The third-order valence-electron chi connectivity index (χ3n) is 4.59. The fourth-order valence-corrected chi connectivity index (χ4v) is 3.74. The van der Waals surface area contributed by atoms with Crippen molar-refractivity contribution in [1.82, 2.24) is 15.3 Å². The predicted octanol–water partition coefficient (Wildman–Crippen LogP) is -0.199. The van der Waals surface area contributed by atoms with Crippen LogP contribution in [0.25, 0.3) is 11.3 Å². The lowest BCUT2D eigenvalue weighted by atomic mass is 9.98.